The second kappa shape index (κ2) is 6.81. The van der Waals surface area contributed by atoms with Gasteiger partial charge in [0.2, 0.25) is 0 Å². The molecule has 2 amide bonds. The minimum Gasteiger partial charge on any atom is -0.494 e. The van der Waals surface area contributed by atoms with E-state index in [0.29, 0.717) is 47.2 Å². The van der Waals surface area contributed by atoms with Crippen molar-refractivity contribution in [1.82, 2.24) is 14.9 Å². The van der Waals surface area contributed by atoms with Gasteiger partial charge in [0, 0.05) is 46.4 Å². The first-order chi connectivity index (χ1) is 14.1. The number of carbonyl (C=O) groups is 1. The number of nitrogens with zero attached hydrogens (tertiary/aromatic N) is 3. The molecule has 2 aliphatic rings. The molecule has 5 rings (SSSR count). The molecule has 0 aliphatic carbocycles. The standard InChI is InChI=1S/C21H20N4O3S/c1-28-16-8-7-15(14-5-3-2-4-6-14)18-19(16)23-17(9-22-18)24-20(26)25-10-21(11-25)12-29(27)13-21/h2-9H,10-13H2,1H3,(H,23,24,26). The smallest absolute Gasteiger partial charge is 0.323 e. The van der Waals surface area contributed by atoms with Crippen molar-refractivity contribution in [3.63, 3.8) is 0 Å². The Kier molecular flexibility index (Phi) is 4.24. The van der Waals surface area contributed by atoms with Crippen LogP contribution in [0.5, 0.6) is 5.75 Å². The van der Waals surface area contributed by atoms with Gasteiger partial charge in [0.25, 0.3) is 0 Å². The molecule has 0 bridgehead atoms. The van der Waals surface area contributed by atoms with Gasteiger partial charge in [-0.05, 0) is 17.7 Å². The van der Waals surface area contributed by atoms with Crippen LogP contribution < -0.4 is 10.1 Å². The largest absolute Gasteiger partial charge is 0.494 e. The van der Waals surface area contributed by atoms with Crippen LogP contribution >= 0.6 is 0 Å². The summed E-state index contributed by atoms with van der Waals surface area (Å²) in [6.07, 6.45) is 1.57. The van der Waals surface area contributed by atoms with Gasteiger partial charge in [0.05, 0.1) is 13.3 Å². The Hall–Kier alpha value is -3.00. The highest BCUT2D eigenvalue weighted by molar-refractivity contribution is 7.86. The molecule has 2 saturated heterocycles. The molecule has 2 fully saturated rings. The minimum atomic E-state index is -0.708. The van der Waals surface area contributed by atoms with Gasteiger partial charge >= 0.3 is 6.03 Å². The normalized spacial score (nSPS) is 17.6. The number of aromatic nitrogens is 2. The lowest BCUT2D eigenvalue weighted by molar-refractivity contribution is 0.0647. The number of methoxy groups -OCH3 is 1. The molecule has 8 heteroatoms. The number of rotatable bonds is 3. The van der Waals surface area contributed by atoms with Crippen molar-refractivity contribution in [1.29, 1.82) is 0 Å². The van der Waals surface area contributed by atoms with Crippen LogP contribution in [-0.4, -0.2) is 56.8 Å². The number of anilines is 1. The molecule has 0 radical (unpaired) electrons. The fourth-order valence-corrected chi connectivity index (χ4v) is 5.72. The summed E-state index contributed by atoms with van der Waals surface area (Å²) in [6, 6.07) is 13.6. The quantitative estimate of drug-likeness (QED) is 0.720. The van der Waals surface area contributed by atoms with Gasteiger partial charge in [0.1, 0.15) is 16.8 Å². The van der Waals surface area contributed by atoms with Crippen LogP contribution in [0.15, 0.2) is 48.7 Å². The van der Waals surface area contributed by atoms with E-state index in [1.807, 2.05) is 42.5 Å². The first-order valence-corrected chi connectivity index (χ1v) is 10.9. The molecule has 7 nitrogen and oxygen atoms in total. The number of likely N-dealkylation sites (tertiary alicyclic amines) is 1. The second-order valence-electron chi connectivity index (χ2n) is 7.65. The number of benzene rings is 2. The van der Waals surface area contributed by atoms with Gasteiger partial charge in [0.15, 0.2) is 5.82 Å². The molecule has 1 aromatic heterocycles. The minimum absolute atomic E-state index is 0.0745. The zero-order valence-electron chi connectivity index (χ0n) is 15.9. The summed E-state index contributed by atoms with van der Waals surface area (Å²) in [5.41, 5.74) is 3.38. The summed E-state index contributed by atoms with van der Waals surface area (Å²) in [4.78, 5) is 23.4. The van der Waals surface area contributed by atoms with E-state index in [-0.39, 0.29) is 11.4 Å². The number of hydrogen-bond acceptors (Lipinski definition) is 5. The van der Waals surface area contributed by atoms with Crippen molar-refractivity contribution >= 4 is 33.7 Å². The molecule has 1 N–H and O–H groups in total. The topological polar surface area (TPSA) is 84.4 Å². The Morgan fingerprint density at radius 3 is 2.59 bits per heavy atom. The summed E-state index contributed by atoms with van der Waals surface area (Å²) in [5, 5.41) is 2.83. The third-order valence-corrected chi connectivity index (χ3v) is 7.34. The highest BCUT2D eigenvalue weighted by Crippen LogP contribution is 2.39. The maximum absolute atomic E-state index is 12.5. The molecule has 2 aliphatic heterocycles. The predicted molar refractivity (Wildman–Crippen MR) is 112 cm³/mol. The number of carbonyl (C=O) groups excluding carboxylic acids is 1. The van der Waals surface area contributed by atoms with Gasteiger partial charge in [-0.25, -0.2) is 14.8 Å². The maximum atomic E-state index is 12.5. The number of urea groups is 1. The summed E-state index contributed by atoms with van der Waals surface area (Å²) in [7, 11) is 0.881. The fourth-order valence-electron chi connectivity index (χ4n) is 4.07. The van der Waals surface area contributed by atoms with Gasteiger partial charge in [-0.15, -0.1) is 0 Å². The van der Waals surface area contributed by atoms with Crippen molar-refractivity contribution < 1.29 is 13.7 Å². The van der Waals surface area contributed by atoms with E-state index in [1.165, 1.54) is 0 Å². The van der Waals surface area contributed by atoms with Crippen LogP contribution in [0.1, 0.15) is 0 Å². The molecule has 3 heterocycles. The molecular weight excluding hydrogens is 388 g/mol. The number of hydrogen-bond donors (Lipinski definition) is 1. The Balaban J connectivity index is 1.41. The zero-order chi connectivity index (χ0) is 20.0. The highest BCUT2D eigenvalue weighted by atomic mass is 32.2. The van der Waals surface area contributed by atoms with E-state index in [0.717, 1.165) is 11.1 Å². The van der Waals surface area contributed by atoms with Crippen molar-refractivity contribution in [3.8, 4) is 16.9 Å². The van der Waals surface area contributed by atoms with Gasteiger partial charge in [-0.1, -0.05) is 30.3 Å². The highest BCUT2D eigenvalue weighted by Gasteiger charge is 2.53. The van der Waals surface area contributed by atoms with Crippen LogP contribution in [0.25, 0.3) is 22.2 Å². The van der Waals surface area contributed by atoms with Gasteiger partial charge in [-0.2, -0.15) is 0 Å². The van der Waals surface area contributed by atoms with Gasteiger partial charge < -0.3 is 9.64 Å². The van der Waals surface area contributed by atoms with Crippen LogP contribution in [0.4, 0.5) is 10.6 Å². The van der Waals surface area contributed by atoms with E-state index in [4.69, 9.17) is 4.74 Å². The molecule has 0 unspecified atom stereocenters. The number of nitrogens with one attached hydrogen (secondary N) is 1. The fraction of sp³-hybridized carbons (Fsp3) is 0.286. The van der Waals surface area contributed by atoms with Crippen LogP contribution in [0, 0.1) is 5.41 Å². The monoisotopic (exact) mass is 408 g/mol. The van der Waals surface area contributed by atoms with E-state index >= 15 is 0 Å². The maximum Gasteiger partial charge on any atom is 0.323 e. The molecule has 1 spiro atoms. The Bertz CT molecular complexity index is 1120. The number of fused-ring (bicyclic) bond motifs is 1. The summed E-state index contributed by atoms with van der Waals surface area (Å²) < 4.78 is 16.8. The molecule has 0 atom stereocenters. The van der Waals surface area contributed by atoms with E-state index in [9.17, 15) is 9.00 Å². The summed E-state index contributed by atoms with van der Waals surface area (Å²) in [5.74, 6) is 2.38. The van der Waals surface area contributed by atoms with Crippen LogP contribution in [0.3, 0.4) is 0 Å². The Morgan fingerprint density at radius 2 is 1.90 bits per heavy atom. The number of amides is 2. The Labute approximate surface area is 170 Å². The third kappa shape index (κ3) is 3.13. The zero-order valence-corrected chi connectivity index (χ0v) is 16.7. The third-order valence-electron chi connectivity index (χ3n) is 5.48. The molecule has 148 valence electrons. The molecule has 0 saturated carbocycles. The average Bonchev–Trinajstić information content (AvgIpc) is 2.69. The number of ether oxygens (including phenoxy) is 1. The lowest BCUT2D eigenvalue weighted by atomic mass is 9.83. The van der Waals surface area contributed by atoms with Crippen molar-refractivity contribution in [3.05, 3.63) is 48.7 Å². The van der Waals surface area contributed by atoms with Crippen molar-refractivity contribution in [2.75, 3.05) is 37.0 Å². The molecule has 3 aromatic rings. The van der Waals surface area contributed by atoms with Crippen LogP contribution in [0.2, 0.25) is 0 Å². The van der Waals surface area contributed by atoms with E-state index in [2.05, 4.69) is 15.3 Å². The first-order valence-electron chi connectivity index (χ1n) is 9.37. The lowest BCUT2D eigenvalue weighted by Crippen LogP contribution is -2.68. The SMILES string of the molecule is COc1ccc(-c2ccccc2)c2ncc(NC(=O)N3CC4(C3)CS(=O)C4)nc12. The van der Waals surface area contributed by atoms with Crippen molar-refractivity contribution in [2.24, 2.45) is 5.41 Å². The molecular formula is C21H20N4O3S. The lowest BCUT2D eigenvalue weighted by Gasteiger charge is -2.54. The molecule has 29 heavy (non-hydrogen) atoms. The van der Waals surface area contributed by atoms with Crippen LogP contribution in [-0.2, 0) is 10.8 Å². The summed E-state index contributed by atoms with van der Waals surface area (Å²) in [6.45, 7) is 1.29. The summed E-state index contributed by atoms with van der Waals surface area (Å²) >= 11 is 0. The van der Waals surface area contributed by atoms with Gasteiger partial charge in [-0.3, -0.25) is 9.53 Å². The second-order valence-corrected chi connectivity index (χ2v) is 9.11. The van der Waals surface area contributed by atoms with E-state index in [1.54, 1.807) is 18.2 Å². The molecule has 2 aromatic carbocycles. The average molecular weight is 408 g/mol. The van der Waals surface area contributed by atoms with E-state index < -0.39 is 10.8 Å². The first kappa shape index (κ1) is 18.1. The Morgan fingerprint density at radius 1 is 1.14 bits per heavy atom. The van der Waals surface area contributed by atoms with Crippen molar-refractivity contribution in [2.45, 2.75) is 0 Å². The predicted octanol–water partition coefficient (Wildman–Crippen LogP) is 2.90.